The Balaban J connectivity index is 1.45. The molecule has 1 unspecified atom stereocenters. The van der Waals surface area contributed by atoms with Crippen LogP contribution in [0.5, 0.6) is 5.75 Å². The molecule has 0 bridgehead atoms. The predicted molar refractivity (Wildman–Crippen MR) is 101 cm³/mol. The quantitative estimate of drug-likeness (QED) is 0.784. The molecule has 2 fully saturated rings. The first-order valence-corrected chi connectivity index (χ1v) is 11.1. The fourth-order valence-corrected chi connectivity index (χ4v) is 5.28. The number of phenols is 1. The topological polar surface area (TPSA) is 101 Å². The average molecular weight is 389 g/mol. The molecule has 27 heavy (non-hydrogen) atoms. The van der Waals surface area contributed by atoms with E-state index in [2.05, 4.69) is 10.4 Å². The molecule has 1 amide bonds. The van der Waals surface area contributed by atoms with Gasteiger partial charge in [-0.05, 0) is 43.4 Å². The molecule has 7 nitrogen and oxygen atoms in total. The number of aromatic nitrogens is 2. The Bertz CT molecular complexity index is 963. The molecule has 144 valence electrons. The highest BCUT2D eigenvalue weighted by atomic mass is 32.2. The summed E-state index contributed by atoms with van der Waals surface area (Å²) < 4.78 is 25.4. The molecule has 1 saturated heterocycles. The van der Waals surface area contributed by atoms with Crippen molar-refractivity contribution in [1.29, 1.82) is 0 Å². The summed E-state index contributed by atoms with van der Waals surface area (Å²) in [6.07, 6.45) is 3.19. The zero-order valence-electron chi connectivity index (χ0n) is 15.0. The van der Waals surface area contributed by atoms with Gasteiger partial charge in [-0.25, -0.2) is 8.42 Å². The smallest absolute Gasteiger partial charge is 0.271 e. The first-order valence-electron chi connectivity index (χ1n) is 9.28. The number of amides is 1. The number of benzene rings is 1. The van der Waals surface area contributed by atoms with Crippen LogP contribution in [0.25, 0.3) is 0 Å². The van der Waals surface area contributed by atoms with Gasteiger partial charge in [0, 0.05) is 18.2 Å². The zero-order chi connectivity index (χ0) is 19.0. The van der Waals surface area contributed by atoms with E-state index in [1.807, 2.05) is 12.1 Å². The third kappa shape index (κ3) is 4.00. The fraction of sp³-hybridized carbons (Fsp3) is 0.474. The minimum absolute atomic E-state index is 0.0999. The number of carbonyl (C=O) groups is 1. The highest BCUT2D eigenvalue weighted by Crippen LogP contribution is 2.42. The van der Waals surface area contributed by atoms with Gasteiger partial charge in [-0.15, -0.1) is 0 Å². The summed E-state index contributed by atoms with van der Waals surface area (Å²) in [6, 6.07) is 8.67. The molecule has 2 heterocycles. The molecule has 2 aromatic rings. The average Bonchev–Trinajstić information content (AvgIpc) is 3.27. The summed E-state index contributed by atoms with van der Waals surface area (Å²) in [5, 5.41) is 17.1. The molecule has 2 N–H and O–H groups in total. The molecule has 2 aliphatic rings. The molecule has 8 heteroatoms. The van der Waals surface area contributed by atoms with Crippen LogP contribution in [0.1, 0.15) is 53.0 Å². The van der Waals surface area contributed by atoms with Crippen molar-refractivity contribution in [2.75, 3.05) is 18.1 Å². The monoisotopic (exact) mass is 389 g/mol. The molecular weight excluding hydrogens is 366 g/mol. The third-order valence-electron chi connectivity index (χ3n) is 5.22. The van der Waals surface area contributed by atoms with Crippen molar-refractivity contribution in [3.8, 4) is 5.75 Å². The molecule has 1 atom stereocenters. The second-order valence-electron chi connectivity index (χ2n) is 7.36. The van der Waals surface area contributed by atoms with Crippen molar-refractivity contribution in [3.05, 3.63) is 47.3 Å². The van der Waals surface area contributed by atoms with E-state index >= 15 is 0 Å². The van der Waals surface area contributed by atoms with E-state index in [9.17, 15) is 18.3 Å². The van der Waals surface area contributed by atoms with Gasteiger partial charge < -0.3 is 10.4 Å². The maximum absolute atomic E-state index is 12.5. The van der Waals surface area contributed by atoms with E-state index in [4.69, 9.17) is 0 Å². The Morgan fingerprint density at radius 3 is 2.70 bits per heavy atom. The lowest BCUT2D eigenvalue weighted by atomic mass is 10.1. The van der Waals surface area contributed by atoms with Gasteiger partial charge in [0.15, 0.2) is 9.84 Å². The van der Waals surface area contributed by atoms with Gasteiger partial charge in [0.05, 0.1) is 17.5 Å². The van der Waals surface area contributed by atoms with Crippen LogP contribution in [0, 0.1) is 0 Å². The van der Waals surface area contributed by atoms with Gasteiger partial charge in [0.25, 0.3) is 5.91 Å². The minimum Gasteiger partial charge on any atom is -0.508 e. The molecule has 4 rings (SSSR count). The number of rotatable bonds is 6. The Hall–Kier alpha value is -2.35. The molecular formula is C19H23N3O4S. The summed E-state index contributed by atoms with van der Waals surface area (Å²) in [5.41, 5.74) is 2.08. The SMILES string of the molecule is O=C(NCCc1ccccc1O)c1cc(C2CC2)n(C2CCS(=O)(=O)C2)n1. The van der Waals surface area contributed by atoms with Crippen molar-refractivity contribution in [3.63, 3.8) is 0 Å². The van der Waals surface area contributed by atoms with Crippen LogP contribution >= 0.6 is 0 Å². The van der Waals surface area contributed by atoms with Gasteiger partial charge in [-0.2, -0.15) is 5.10 Å². The Morgan fingerprint density at radius 1 is 1.26 bits per heavy atom. The zero-order valence-corrected chi connectivity index (χ0v) is 15.8. The molecule has 1 aliphatic carbocycles. The van der Waals surface area contributed by atoms with E-state index in [0.29, 0.717) is 31.0 Å². The number of hydrogen-bond acceptors (Lipinski definition) is 5. The molecule has 1 aromatic heterocycles. The maximum atomic E-state index is 12.5. The van der Waals surface area contributed by atoms with Crippen LogP contribution < -0.4 is 5.32 Å². The molecule has 1 aliphatic heterocycles. The van der Waals surface area contributed by atoms with Gasteiger partial charge >= 0.3 is 0 Å². The van der Waals surface area contributed by atoms with Gasteiger partial charge in [-0.3, -0.25) is 9.48 Å². The number of hydrogen-bond donors (Lipinski definition) is 2. The number of nitrogens with one attached hydrogen (secondary N) is 1. The summed E-state index contributed by atoms with van der Waals surface area (Å²) in [6.45, 7) is 0.389. The van der Waals surface area contributed by atoms with Crippen LogP contribution in [-0.2, 0) is 16.3 Å². The summed E-state index contributed by atoms with van der Waals surface area (Å²) in [4.78, 5) is 12.5. The largest absolute Gasteiger partial charge is 0.508 e. The van der Waals surface area contributed by atoms with Crippen LogP contribution in [-0.4, -0.2) is 47.3 Å². The Labute approximate surface area is 158 Å². The molecule has 1 aromatic carbocycles. The highest BCUT2D eigenvalue weighted by molar-refractivity contribution is 7.91. The van der Waals surface area contributed by atoms with E-state index in [1.54, 1.807) is 22.9 Å². The standard InChI is InChI=1S/C19H23N3O4S/c23-18-4-2-1-3-14(18)7-9-20-19(24)16-11-17(13-5-6-13)22(21-16)15-8-10-27(25,26)12-15/h1-4,11,13,15,23H,5-10,12H2,(H,20,24). The summed E-state index contributed by atoms with van der Waals surface area (Å²) >= 11 is 0. The second-order valence-corrected chi connectivity index (χ2v) is 9.59. The van der Waals surface area contributed by atoms with Crippen LogP contribution in [0.2, 0.25) is 0 Å². The van der Waals surface area contributed by atoms with Crippen LogP contribution in [0.15, 0.2) is 30.3 Å². The van der Waals surface area contributed by atoms with Crippen molar-refractivity contribution in [2.24, 2.45) is 0 Å². The summed E-state index contributed by atoms with van der Waals surface area (Å²) in [7, 11) is -3.01. The normalized spacial score (nSPS) is 21.3. The van der Waals surface area contributed by atoms with Crippen molar-refractivity contribution in [1.82, 2.24) is 15.1 Å². The Morgan fingerprint density at radius 2 is 2.04 bits per heavy atom. The molecule has 0 radical (unpaired) electrons. The van der Waals surface area contributed by atoms with E-state index in [-0.39, 0.29) is 29.2 Å². The number of sulfone groups is 1. The fourth-order valence-electron chi connectivity index (χ4n) is 3.59. The first-order chi connectivity index (χ1) is 12.9. The van der Waals surface area contributed by atoms with Gasteiger partial charge in [0.2, 0.25) is 0 Å². The van der Waals surface area contributed by atoms with Crippen molar-refractivity contribution < 1.29 is 18.3 Å². The number of para-hydroxylation sites is 1. The van der Waals surface area contributed by atoms with Crippen molar-refractivity contribution in [2.45, 2.75) is 37.6 Å². The number of aromatic hydroxyl groups is 1. The van der Waals surface area contributed by atoms with Crippen molar-refractivity contribution >= 4 is 15.7 Å². The van der Waals surface area contributed by atoms with E-state index in [1.165, 1.54) is 0 Å². The van der Waals surface area contributed by atoms with Gasteiger partial charge in [0.1, 0.15) is 11.4 Å². The number of phenolic OH excluding ortho intramolecular Hbond substituents is 1. The molecule has 0 spiro atoms. The summed E-state index contributed by atoms with van der Waals surface area (Å²) in [5.74, 6) is 0.608. The van der Waals surface area contributed by atoms with Crippen LogP contribution in [0.4, 0.5) is 0 Å². The second kappa shape index (κ2) is 6.99. The first kappa shape index (κ1) is 18.0. The highest BCUT2D eigenvalue weighted by Gasteiger charge is 2.36. The third-order valence-corrected chi connectivity index (χ3v) is 6.97. The lowest BCUT2D eigenvalue weighted by molar-refractivity contribution is 0.0948. The number of carbonyl (C=O) groups excluding carboxylic acids is 1. The maximum Gasteiger partial charge on any atom is 0.271 e. The number of nitrogens with zero attached hydrogens (tertiary/aromatic N) is 2. The van der Waals surface area contributed by atoms with Gasteiger partial charge in [-0.1, -0.05) is 18.2 Å². The van der Waals surface area contributed by atoms with E-state index in [0.717, 1.165) is 24.1 Å². The lowest BCUT2D eigenvalue weighted by Crippen LogP contribution is -2.26. The predicted octanol–water partition coefficient (Wildman–Crippen LogP) is 1.80. The molecule has 1 saturated carbocycles. The minimum atomic E-state index is -3.01. The Kier molecular flexibility index (Phi) is 4.67. The van der Waals surface area contributed by atoms with Crippen LogP contribution in [0.3, 0.4) is 0 Å². The lowest BCUT2D eigenvalue weighted by Gasteiger charge is -2.12. The van der Waals surface area contributed by atoms with E-state index < -0.39 is 9.84 Å².